The highest BCUT2D eigenvalue weighted by molar-refractivity contribution is 7.80. The Balaban J connectivity index is 2.11. The summed E-state index contributed by atoms with van der Waals surface area (Å²) in [5, 5.41) is 6.95. The second kappa shape index (κ2) is 8.72. The summed E-state index contributed by atoms with van der Waals surface area (Å²) < 4.78 is 5.42. The number of piperidine rings is 1. The van der Waals surface area contributed by atoms with Gasteiger partial charge in [0.1, 0.15) is 5.75 Å². The number of hydrogen-bond acceptors (Lipinski definition) is 3. The maximum Gasteiger partial charge on any atom is 0.227 e. The van der Waals surface area contributed by atoms with Crippen molar-refractivity contribution >= 4 is 34.6 Å². The Morgan fingerprint density at radius 2 is 2.22 bits per heavy atom. The molecule has 1 aromatic rings. The number of methoxy groups -OCH3 is 1. The highest BCUT2D eigenvalue weighted by Crippen LogP contribution is 2.33. The maximum absolute atomic E-state index is 12.2. The lowest BCUT2D eigenvalue weighted by molar-refractivity contribution is -0.119. The first kappa shape index (κ1) is 17.5. The molecule has 0 unspecified atom stereocenters. The fourth-order valence-electron chi connectivity index (χ4n) is 2.59. The Hall–Kier alpha value is -1.82. The average Bonchev–Trinajstić information content (AvgIpc) is 2.55. The van der Waals surface area contributed by atoms with Crippen LogP contribution < -0.4 is 20.3 Å². The summed E-state index contributed by atoms with van der Waals surface area (Å²) in [7, 11) is 1.62. The van der Waals surface area contributed by atoms with Crippen molar-refractivity contribution < 1.29 is 9.53 Å². The van der Waals surface area contributed by atoms with Crippen LogP contribution in [0.1, 0.15) is 39.0 Å². The fraction of sp³-hybridized carbons (Fsp3) is 0.529. The van der Waals surface area contributed by atoms with E-state index in [1.807, 2.05) is 18.2 Å². The molecule has 6 heteroatoms. The number of carbonyl (C=O) groups is 1. The van der Waals surface area contributed by atoms with Gasteiger partial charge >= 0.3 is 0 Å². The quantitative estimate of drug-likeness (QED) is 0.617. The van der Waals surface area contributed by atoms with Crippen LogP contribution in [0.4, 0.5) is 11.4 Å². The highest BCUT2D eigenvalue weighted by atomic mass is 32.1. The minimum atomic E-state index is 0.148. The summed E-state index contributed by atoms with van der Waals surface area (Å²) in [6, 6.07) is 5.70. The summed E-state index contributed by atoms with van der Waals surface area (Å²) in [5.41, 5.74) is 1.66. The van der Waals surface area contributed by atoms with E-state index in [1.54, 1.807) is 12.0 Å². The number of amides is 1. The molecule has 5 nitrogen and oxygen atoms in total. The van der Waals surface area contributed by atoms with Gasteiger partial charge in [0.25, 0.3) is 0 Å². The molecule has 1 aliphatic rings. The van der Waals surface area contributed by atoms with Gasteiger partial charge in [0.2, 0.25) is 5.91 Å². The van der Waals surface area contributed by atoms with E-state index in [1.165, 1.54) is 0 Å². The zero-order valence-electron chi connectivity index (χ0n) is 13.9. The number of benzene rings is 1. The third kappa shape index (κ3) is 4.82. The van der Waals surface area contributed by atoms with Crippen LogP contribution >= 0.6 is 12.2 Å². The molecule has 0 aliphatic carbocycles. The van der Waals surface area contributed by atoms with E-state index in [-0.39, 0.29) is 5.91 Å². The van der Waals surface area contributed by atoms with Gasteiger partial charge in [0.05, 0.1) is 12.8 Å². The van der Waals surface area contributed by atoms with Gasteiger partial charge in [-0.15, -0.1) is 0 Å². The molecule has 0 spiro atoms. The van der Waals surface area contributed by atoms with Crippen molar-refractivity contribution in [2.24, 2.45) is 0 Å². The second-order valence-electron chi connectivity index (χ2n) is 5.62. The van der Waals surface area contributed by atoms with Gasteiger partial charge in [-0.1, -0.05) is 13.3 Å². The molecular weight excluding hydrogens is 310 g/mol. The standard InChI is InChI=1S/C17H25N3O2S/c1-3-4-10-18-17(23)19-13-8-9-15(22-2)14(12-13)20-11-6-5-7-16(20)21/h8-9,12H,3-7,10-11H2,1-2H3,(H2,18,19,23). The molecule has 1 heterocycles. The third-order valence-corrected chi connectivity index (χ3v) is 4.11. The molecule has 2 N–H and O–H groups in total. The molecule has 1 saturated heterocycles. The largest absolute Gasteiger partial charge is 0.495 e. The molecule has 23 heavy (non-hydrogen) atoms. The van der Waals surface area contributed by atoms with Crippen molar-refractivity contribution in [1.82, 2.24) is 5.32 Å². The second-order valence-corrected chi connectivity index (χ2v) is 6.03. The predicted octanol–water partition coefficient (Wildman–Crippen LogP) is 3.30. The smallest absolute Gasteiger partial charge is 0.227 e. The zero-order chi connectivity index (χ0) is 16.7. The van der Waals surface area contributed by atoms with Crippen LogP contribution in [0.5, 0.6) is 5.75 Å². The van der Waals surface area contributed by atoms with Gasteiger partial charge in [-0.05, 0) is 49.7 Å². The first-order chi connectivity index (χ1) is 11.2. The number of rotatable bonds is 6. The summed E-state index contributed by atoms with van der Waals surface area (Å²) in [4.78, 5) is 14.0. The summed E-state index contributed by atoms with van der Waals surface area (Å²) >= 11 is 5.30. The lowest BCUT2D eigenvalue weighted by Crippen LogP contribution is -2.35. The number of hydrogen-bond donors (Lipinski definition) is 2. The summed E-state index contributed by atoms with van der Waals surface area (Å²) in [5.74, 6) is 0.853. The van der Waals surface area contributed by atoms with Gasteiger partial charge in [-0.2, -0.15) is 0 Å². The lowest BCUT2D eigenvalue weighted by Gasteiger charge is -2.28. The first-order valence-electron chi connectivity index (χ1n) is 8.19. The van der Waals surface area contributed by atoms with Gasteiger partial charge in [-0.3, -0.25) is 4.79 Å². The first-order valence-corrected chi connectivity index (χ1v) is 8.59. The number of carbonyl (C=O) groups excluding carboxylic acids is 1. The maximum atomic E-state index is 12.2. The number of nitrogens with one attached hydrogen (secondary N) is 2. The van der Waals surface area contributed by atoms with E-state index >= 15 is 0 Å². The molecule has 0 aromatic heterocycles. The van der Waals surface area contributed by atoms with Gasteiger partial charge in [0.15, 0.2) is 5.11 Å². The number of anilines is 2. The Labute approximate surface area is 143 Å². The number of unbranched alkanes of at least 4 members (excludes halogenated alkanes) is 1. The van der Waals surface area contributed by atoms with E-state index in [2.05, 4.69) is 17.6 Å². The molecule has 126 valence electrons. The molecular formula is C17H25N3O2S. The van der Waals surface area contributed by atoms with Crippen molar-refractivity contribution in [2.75, 3.05) is 30.4 Å². The van der Waals surface area contributed by atoms with Crippen LogP contribution in [-0.4, -0.2) is 31.2 Å². The van der Waals surface area contributed by atoms with E-state index in [4.69, 9.17) is 17.0 Å². The van der Waals surface area contributed by atoms with Gasteiger partial charge < -0.3 is 20.3 Å². The molecule has 0 atom stereocenters. The minimum absolute atomic E-state index is 0.148. The van der Waals surface area contributed by atoms with Gasteiger partial charge in [0, 0.05) is 25.2 Å². The molecule has 0 bridgehead atoms. The van der Waals surface area contributed by atoms with Crippen molar-refractivity contribution in [3.05, 3.63) is 18.2 Å². The molecule has 1 aliphatic heterocycles. The van der Waals surface area contributed by atoms with E-state index < -0.39 is 0 Å². The van der Waals surface area contributed by atoms with Crippen LogP contribution in [0.15, 0.2) is 18.2 Å². The van der Waals surface area contributed by atoms with Crippen molar-refractivity contribution in [1.29, 1.82) is 0 Å². The Bertz CT molecular complexity index is 563. The molecule has 0 radical (unpaired) electrons. The van der Waals surface area contributed by atoms with Crippen LogP contribution in [0.25, 0.3) is 0 Å². The van der Waals surface area contributed by atoms with E-state index in [0.717, 1.165) is 50.1 Å². The SMILES string of the molecule is CCCCNC(=S)Nc1ccc(OC)c(N2CCCCC2=O)c1. The molecule has 1 amide bonds. The minimum Gasteiger partial charge on any atom is -0.495 e. The molecule has 2 rings (SSSR count). The average molecular weight is 335 g/mol. The molecule has 1 fully saturated rings. The number of ether oxygens (including phenoxy) is 1. The third-order valence-electron chi connectivity index (χ3n) is 3.87. The van der Waals surface area contributed by atoms with E-state index in [0.29, 0.717) is 17.3 Å². The van der Waals surface area contributed by atoms with Crippen LogP contribution in [0, 0.1) is 0 Å². The van der Waals surface area contributed by atoms with Crippen LogP contribution in [0.2, 0.25) is 0 Å². The van der Waals surface area contributed by atoms with Crippen LogP contribution in [0.3, 0.4) is 0 Å². The van der Waals surface area contributed by atoms with E-state index in [9.17, 15) is 4.79 Å². The topological polar surface area (TPSA) is 53.6 Å². The summed E-state index contributed by atoms with van der Waals surface area (Å²) in [6.45, 7) is 3.73. The Morgan fingerprint density at radius 1 is 1.39 bits per heavy atom. The monoisotopic (exact) mass is 335 g/mol. The zero-order valence-corrected chi connectivity index (χ0v) is 14.7. The van der Waals surface area contributed by atoms with Crippen molar-refractivity contribution in [3.8, 4) is 5.75 Å². The molecule has 1 aromatic carbocycles. The predicted molar refractivity (Wildman–Crippen MR) is 98.3 cm³/mol. The van der Waals surface area contributed by atoms with Crippen molar-refractivity contribution in [2.45, 2.75) is 39.0 Å². The highest BCUT2D eigenvalue weighted by Gasteiger charge is 2.22. The lowest BCUT2D eigenvalue weighted by atomic mass is 10.1. The molecule has 0 saturated carbocycles. The normalized spacial score (nSPS) is 14.5. The summed E-state index contributed by atoms with van der Waals surface area (Å²) in [6.07, 6.45) is 4.78. The number of thiocarbonyl (C=S) groups is 1. The number of nitrogens with zero attached hydrogens (tertiary/aromatic N) is 1. The van der Waals surface area contributed by atoms with Crippen molar-refractivity contribution in [3.63, 3.8) is 0 Å². The van der Waals surface area contributed by atoms with Crippen LogP contribution in [-0.2, 0) is 4.79 Å². The Morgan fingerprint density at radius 3 is 2.91 bits per heavy atom. The Kier molecular flexibility index (Phi) is 6.65. The fourth-order valence-corrected chi connectivity index (χ4v) is 2.81. The van der Waals surface area contributed by atoms with Gasteiger partial charge in [-0.25, -0.2) is 0 Å².